The van der Waals surface area contributed by atoms with Crippen molar-refractivity contribution in [2.24, 2.45) is 0 Å². The summed E-state index contributed by atoms with van der Waals surface area (Å²) in [4.78, 5) is 0. The van der Waals surface area contributed by atoms with Crippen molar-refractivity contribution in [2.45, 2.75) is 44.6 Å². The molecule has 1 aliphatic rings. The Labute approximate surface area is 98.6 Å². The second-order valence-electron chi connectivity index (χ2n) is 4.40. The summed E-state index contributed by atoms with van der Waals surface area (Å²) >= 11 is 0. The van der Waals surface area contributed by atoms with E-state index >= 15 is 0 Å². The lowest BCUT2D eigenvalue weighted by Gasteiger charge is -2.06. The van der Waals surface area contributed by atoms with Gasteiger partial charge in [-0.05, 0) is 24.1 Å². The van der Waals surface area contributed by atoms with E-state index in [0.717, 1.165) is 30.5 Å². The molecular weight excluding hydrogens is 229 g/mol. The van der Waals surface area contributed by atoms with Gasteiger partial charge in [-0.3, -0.25) is 0 Å². The van der Waals surface area contributed by atoms with Crippen molar-refractivity contribution in [3.63, 3.8) is 0 Å². The highest BCUT2D eigenvalue weighted by molar-refractivity contribution is 5.25. The third-order valence-electron chi connectivity index (χ3n) is 2.98. The maximum absolute atomic E-state index is 12.3. The van der Waals surface area contributed by atoms with Gasteiger partial charge in [-0.2, -0.15) is 13.2 Å². The Kier molecular flexibility index (Phi) is 3.43. The van der Waals surface area contributed by atoms with Gasteiger partial charge in [-0.15, -0.1) is 0 Å². The van der Waals surface area contributed by atoms with Crippen LogP contribution in [0.1, 0.15) is 30.9 Å². The van der Waals surface area contributed by atoms with Crippen LogP contribution in [0.15, 0.2) is 24.3 Å². The van der Waals surface area contributed by atoms with Crippen LogP contribution >= 0.6 is 0 Å². The summed E-state index contributed by atoms with van der Waals surface area (Å²) in [5, 5.41) is 0. The first kappa shape index (κ1) is 12.4. The molecule has 2 atom stereocenters. The molecule has 0 N–H and O–H groups in total. The molecule has 1 heterocycles. The Balaban J connectivity index is 1.91. The summed E-state index contributed by atoms with van der Waals surface area (Å²) in [6.07, 6.45) is -0.921. The molecule has 1 aliphatic heterocycles. The zero-order chi connectivity index (χ0) is 12.5. The zero-order valence-corrected chi connectivity index (χ0v) is 9.63. The van der Waals surface area contributed by atoms with E-state index in [-0.39, 0.29) is 6.10 Å². The number of ether oxygens (including phenoxy) is 1. The lowest BCUT2D eigenvalue weighted by atomic mass is 10.0. The fourth-order valence-electron chi connectivity index (χ4n) is 1.96. The predicted molar refractivity (Wildman–Crippen MR) is 58.7 cm³/mol. The second kappa shape index (κ2) is 4.69. The summed E-state index contributed by atoms with van der Waals surface area (Å²) in [6.45, 7) is 2.09. The summed E-state index contributed by atoms with van der Waals surface area (Å²) in [5.41, 5.74) is 0.310. The quantitative estimate of drug-likeness (QED) is 0.733. The fraction of sp³-hybridized carbons (Fsp3) is 0.538. The molecule has 1 nitrogen and oxygen atoms in total. The minimum Gasteiger partial charge on any atom is -0.369 e. The van der Waals surface area contributed by atoms with Gasteiger partial charge >= 0.3 is 6.18 Å². The minimum absolute atomic E-state index is 0.201. The molecule has 1 saturated heterocycles. The van der Waals surface area contributed by atoms with Crippen LogP contribution in [-0.2, 0) is 17.3 Å². The molecule has 0 aromatic heterocycles. The number of benzene rings is 1. The third kappa shape index (κ3) is 3.22. The Bertz CT molecular complexity index is 369. The minimum atomic E-state index is -4.25. The number of epoxide rings is 1. The van der Waals surface area contributed by atoms with Crippen molar-refractivity contribution in [3.05, 3.63) is 35.4 Å². The van der Waals surface area contributed by atoms with Crippen molar-refractivity contribution >= 4 is 0 Å². The van der Waals surface area contributed by atoms with Crippen LogP contribution in [0, 0.1) is 0 Å². The van der Waals surface area contributed by atoms with Gasteiger partial charge in [0.05, 0.1) is 17.8 Å². The van der Waals surface area contributed by atoms with Gasteiger partial charge in [0.25, 0.3) is 0 Å². The largest absolute Gasteiger partial charge is 0.416 e. The lowest BCUT2D eigenvalue weighted by molar-refractivity contribution is -0.137. The molecule has 0 bridgehead atoms. The number of alkyl halides is 3. The van der Waals surface area contributed by atoms with Gasteiger partial charge in [0.15, 0.2) is 0 Å². The van der Waals surface area contributed by atoms with E-state index in [0.29, 0.717) is 12.5 Å². The highest BCUT2D eigenvalue weighted by atomic mass is 19.4. The highest BCUT2D eigenvalue weighted by Crippen LogP contribution is 2.32. The topological polar surface area (TPSA) is 12.5 Å². The molecular formula is C13H15F3O. The summed E-state index contributed by atoms with van der Waals surface area (Å²) in [6, 6.07) is 5.33. The number of hydrogen-bond donors (Lipinski definition) is 0. The first-order chi connectivity index (χ1) is 8.00. The van der Waals surface area contributed by atoms with E-state index in [2.05, 4.69) is 6.92 Å². The smallest absolute Gasteiger partial charge is 0.369 e. The maximum atomic E-state index is 12.3. The lowest BCUT2D eigenvalue weighted by Crippen LogP contribution is -2.05. The predicted octanol–water partition coefficient (Wildman–Crippen LogP) is 3.82. The van der Waals surface area contributed by atoms with Crippen LogP contribution in [-0.4, -0.2) is 12.2 Å². The normalized spacial score (nSPS) is 23.8. The van der Waals surface area contributed by atoms with E-state index in [9.17, 15) is 13.2 Å². The number of hydrogen-bond acceptors (Lipinski definition) is 1. The SMILES string of the molecule is CCCC1OC1Cc1ccc(C(F)(F)F)cc1. The molecule has 0 amide bonds. The molecule has 2 rings (SSSR count). The van der Waals surface area contributed by atoms with Crippen molar-refractivity contribution in [3.8, 4) is 0 Å². The van der Waals surface area contributed by atoms with E-state index in [1.165, 1.54) is 12.1 Å². The number of rotatable bonds is 4. The standard InChI is InChI=1S/C13H15F3O/c1-2-3-11-12(17-11)8-9-4-6-10(7-5-9)13(14,15)16/h4-7,11-12H,2-3,8H2,1H3. The Morgan fingerprint density at radius 3 is 2.29 bits per heavy atom. The molecule has 1 fully saturated rings. The van der Waals surface area contributed by atoms with E-state index in [1.807, 2.05) is 0 Å². The van der Waals surface area contributed by atoms with Gasteiger partial charge < -0.3 is 4.74 Å². The second-order valence-corrected chi connectivity index (χ2v) is 4.40. The summed E-state index contributed by atoms with van der Waals surface area (Å²) < 4.78 is 42.4. The van der Waals surface area contributed by atoms with Crippen LogP contribution in [0.2, 0.25) is 0 Å². The Morgan fingerprint density at radius 2 is 1.76 bits per heavy atom. The van der Waals surface area contributed by atoms with Crippen LogP contribution < -0.4 is 0 Å². The molecule has 1 aromatic carbocycles. The van der Waals surface area contributed by atoms with Gasteiger partial charge in [0.1, 0.15) is 0 Å². The van der Waals surface area contributed by atoms with Crippen LogP contribution in [0.5, 0.6) is 0 Å². The van der Waals surface area contributed by atoms with Gasteiger partial charge in [0, 0.05) is 6.42 Å². The summed E-state index contributed by atoms with van der Waals surface area (Å²) in [5.74, 6) is 0. The third-order valence-corrected chi connectivity index (χ3v) is 2.98. The molecule has 4 heteroatoms. The van der Waals surface area contributed by atoms with Gasteiger partial charge in [-0.1, -0.05) is 25.5 Å². The molecule has 0 saturated carbocycles. The molecule has 1 aromatic rings. The Hall–Kier alpha value is -1.03. The van der Waals surface area contributed by atoms with Crippen LogP contribution in [0.3, 0.4) is 0 Å². The van der Waals surface area contributed by atoms with Crippen molar-refractivity contribution in [2.75, 3.05) is 0 Å². The van der Waals surface area contributed by atoms with Gasteiger partial charge in [0.2, 0.25) is 0 Å². The molecule has 2 unspecified atom stereocenters. The van der Waals surface area contributed by atoms with E-state index < -0.39 is 11.7 Å². The fourth-order valence-corrected chi connectivity index (χ4v) is 1.96. The first-order valence-corrected chi connectivity index (χ1v) is 5.82. The van der Waals surface area contributed by atoms with Gasteiger partial charge in [-0.25, -0.2) is 0 Å². The van der Waals surface area contributed by atoms with Crippen molar-refractivity contribution < 1.29 is 17.9 Å². The van der Waals surface area contributed by atoms with Crippen molar-refractivity contribution in [1.29, 1.82) is 0 Å². The molecule has 94 valence electrons. The first-order valence-electron chi connectivity index (χ1n) is 5.82. The van der Waals surface area contributed by atoms with Crippen LogP contribution in [0.25, 0.3) is 0 Å². The summed E-state index contributed by atoms with van der Waals surface area (Å²) in [7, 11) is 0. The number of halogens is 3. The van der Waals surface area contributed by atoms with E-state index in [1.54, 1.807) is 0 Å². The highest BCUT2D eigenvalue weighted by Gasteiger charge is 2.37. The maximum Gasteiger partial charge on any atom is 0.416 e. The average Bonchev–Trinajstić information content (AvgIpc) is 2.96. The van der Waals surface area contributed by atoms with E-state index in [4.69, 9.17) is 4.74 Å². The Morgan fingerprint density at radius 1 is 1.12 bits per heavy atom. The average molecular weight is 244 g/mol. The molecule has 0 radical (unpaired) electrons. The molecule has 0 spiro atoms. The van der Waals surface area contributed by atoms with Crippen molar-refractivity contribution in [1.82, 2.24) is 0 Å². The van der Waals surface area contributed by atoms with Crippen LogP contribution in [0.4, 0.5) is 13.2 Å². The monoisotopic (exact) mass is 244 g/mol. The molecule has 17 heavy (non-hydrogen) atoms. The molecule has 0 aliphatic carbocycles. The zero-order valence-electron chi connectivity index (χ0n) is 9.63.